The van der Waals surface area contributed by atoms with Crippen LogP contribution in [0.3, 0.4) is 0 Å². The van der Waals surface area contributed by atoms with Gasteiger partial charge in [-0.3, -0.25) is 9.59 Å². The molecule has 0 aliphatic carbocycles. The first-order valence-electron chi connectivity index (χ1n) is 8.55. The van der Waals surface area contributed by atoms with Gasteiger partial charge in [0.2, 0.25) is 5.91 Å². The highest BCUT2D eigenvalue weighted by atomic mass is 19.4. The van der Waals surface area contributed by atoms with Crippen molar-refractivity contribution in [2.45, 2.75) is 31.5 Å². The smallest absolute Gasteiger partial charge is 0.333 e. The molecule has 1 aromatic rings. The molecule has 0 bridgehead atoms. The number of carbonyl (C=O) groups is 2. The van der Waals surface area contributed by atoms with Crippen molar-refractivity contribution in [3.05, 3.63) is 35.9 Å². The van der Waals surface area contributed by atoms with Gasteiger partial charge in [-0.05, 0) is 31.5 Å². The highest BCUT2D eigenvalue weighted by Crippen LogP contribution is 2.36. The summed E-state index contributed by atoms with van der Waals surface area (Å²) in [5.41, 5.74) is 0.804. The minimum absolute atomic E-state index is 0.0393. The van der Waals surface area contributed by atoms with Gasteiger partial charge in [-0.2, -0.15) is 13.2 Å². The SMILES string of the molecule is O=C1CCN([C@H](CN2CCCC2)c2ccccc2)C(=O)[C@H]1C(F)(F)F. The summed E-state index contributed by atoms with van der Waals surface area (Å²) in [6, 6.07) is 8.64. The molecule has 2 heterocycles. The van der Waals surface area contributed by atoms with E-state index in [0.29, 0.717) is 6.54 Å². The third kappa shape index (κ3) is 3.86. The van der Waals surface area contributed by atoms with Crippen molar-refractivity contribution in [3.8, 4) is 0 Å². The second-order valence-electron chi connectivity index (χ2n) is 6.66. The Morgan fingerprint density at radius 2 is 1.68 bits per heavy atom. The zero-order chi connectivity index (χ0) is 18.0. The average molecular weight is 354 g/mol. The lowest BCUT2D eigenvalue weighted by Gasteiger charge is -2.39. The van der Waals surface area contributed by atoms with Crippen LogP contribution in [0.4, 0.5) is 13.2 Å². The number of alkyl halides is 3. The normalized spacial score (nSPS) is 24.0. The van der Waals surface area contributed by atoms with Gasteiger partial charge in [0.15, 0.2) is 11.7 Å². The van der Waals surface area contributed by atoms with Crippen LogP contribution in [0.1, 0.15) is 30.9 Å². The van der Waals surface area contributed by atoms with E-state index in [1.165, 1.54) is 4.90 Å². The molecule has 2 fully saturated rings. The molecule has 2 saturated heterocycles. The molecule has 7 heteroatoms. The molecule has 136 valence electrons. The summed E-state index contributed by atoms with van der Waals surface area (Å²) in [6.07, 6.45) is -2.97. The Labute approximate surface area is 144 Å². The van der Waals surface area contributed by atoms with Crippen molar-refractivity contribution in [2.24, 2.45) is 5.92 Å². The van der Waals surface area contributed by atoms with Crippen molar-refractivity contribution >= 4 is 11.7 Å². The largest absolute Gasteiger partial charge is 0.407 e. The van der Waals surface area contributed by atoms with Crippen LogP contribution in [0, 0.1) is 5.92 Å². The van der Waals surface area contributed by atoms with Gasteiger partial charge in [-0.25, -0.2) is 0 Å². The Bertz CT molecular complexity index is 627. The number of amides is 1. The van der Waals surface area contributed by atoms with Crippen molar-refractivity contribution < 1.29 is 22.8 Å². The fourth-order valence-electron chi connectivity index (χ4n) is 3.69. The summed E-state index contributed by atoms with van der Waals surface area (Å²) in [4.78, 5) is 27.7. The molecule has 4 nitrogen and oxygen atoms in total. The van der Waals surface area contributed by atoms with Crippen molar-refractivity contribution in [3.63, 3.8) is 0 Å². The summed E-state index contributed by atoms with van der Waals surface area (Å²) < 4.78 is 39.6. The molecule has 1 aromatic carbocycles. The number of nitrogens with zero attached hydrogens (tertiary/aromatic N) is 2. The Hall–Kier alpha value is -1.89. The standard InChI is InChI=1S/C18H21F3N2O2/c19-18(20,21)16-15(24)8-11-23(17(16)25)14(12-22-9-4-5-10-22)13-6-2-1-3-7-13/h1-3,6-7,14,16H,4-5,8-12H2/t14-,16+/m1/s1. The van der Waals surface area contributed by atoms with Gasteiger partial charge in [0.1, 0.15) is 0 Å². The number of likely N-dealkylation sites (tertiary alicyclic amines) is 2. The van der Waals surface area contributed by atoms with Crippen molar-refractivity contribution in [1.29, 1.82) is 0 Å². The van der Waals surface area contributed by atoms with E-state index in [0.717, 1.165) is 31.5 Å². The molecule has 0 saturated carbocycles. The number of hydrogen-bond donors (Lipinski definition) is 0. The predicted molar refractivity (Wildman–Crippen MR) is 85.7 cm³/mol. The molecule has 0 aromatic heterocycles. The maximum atomic E-state index is 13.2. The third-order valence-corrected chi connectivity index (χ3v) is 4.97. The second-order valence-corrected chi connectivity index (χ2v) is 6.66. The minimum atomic E-state index is -4.83. The molecule has 2 aliphatic heterocycles. The Morgan fingerprint density at radius 3 is 2.28 bits per heavy atom. The van der Waals surface area contributed by atoms with E-state index in [4.69, 9.17) is 0 Å². The molecule has 0 spiro atoms. The molecule has 25 heavy (non-hydrogen) atoms. The molecule has 3 rings (SSSR count). The van der Waals surface area contributed by atoms with Crippen LogP contribution >= 0.6 is 0 Å². The van der Waals surface area contributed by atoms with Gasteiger partial charge in [0.05, 0.1) is 6.04 Å². The Kier molecular flexibility index (Phi) is 5.13. The molecule has 0 unspecified atom stereocenters. The highest BCUT2D eigenvalue weighted by molar-refractivity contribution is 6.04. The average Bonchev–Trinajstić information content (AvgIpc) is 3.06. The van der Waals surface area contributed by atoms with Crippen LogP contribution in [0.25, 0.3) is 0 Å². The zero-order valence-corrected chi connectivity index (χ0v) is 13.8. The van der Waals surface area contributed by atoms with E-state index in [1.54, 1.807) is 0 Å². The van der Waals surface area contributed by atoms with E-state index in [-0.39, 0.29) is 13.0 Å². The first-order chi connectivity index (χ1) is 11.9. The van der Waals surface area contributed by atoms with Gasteiger partial charge in [-0.1, -0.05) is 30.3 Å². The monoisotopic (exact) mass is 354 g/mol. The lowest BCUT2D eigenvalue weighted by atomic mass is 9.92. The number of benzene rings is 1. The molecular weight excluding hydrogens is 333 g/mol. The van der Waals surface area contributed by atoms with E-state index in [1.807, 2.05) is 30.3 Å². The topological polar surface area (TPSA) is 40.6 Å². The predicted octanol–water partition coefficient (Wildman–Crippen LogP) is 2.80. The number of hydrogen-bond acceptors (Lipinski definition) is 3. The summed E-state index contributed by atoms with van der Waals surface area (Å²) in [6.45, 7) is 2.30. The quantitative estimate of drug-likeness (QED) is 0.781. The Morgan fingerprint density at radius 1 is 1.04 bits per heavy atom. The first-order valence-corrected chi connectivity index (χ1v) is 8.55. The van der Waals surface area contributed by atoms with E-state index in [9.17, 15) is 22.8 Å². The summed E-state index contributed by atoms with van der Waals surface area (Å²) in [5, 5.41) is 0. The van der Waals surface area contributed by atoms with Gasteiger partial charge < -0.3 is 9.80 Å². The summed E-state index contributed by atoms with van der Waals surface area (Å²) >= 11 is 0. The van der Waals surface area contributed by atoms with E-state index >= 15 is 0 Å². The van der Waals surface area contributed by atoms with Crippen molar-refractivity contribution in [1.82, 2.24) is 9.80 Å². The highest BCUT2D eigenvalue weighted by Gasteiger charge is 2.54. The zero-order valence-electron chi connectivity index (χ0n) is 13.8. The lowest BCUT2D eigenvalue weighted by molar-refractivity contribution is -0.196. The summed E-state index contributed by atoms with van der Waals surface area (Å²) in [5.74, 6) is -4.66. The Balaban J connectivity index is 1.89. The molecular formula is C18H21F3N2O2. The fraction of sp³-hybridized carbons (Fsp3) is 0.556. The fourth-order valence-corrected chi connectivity index (χ4v) is 3.69. The van der Waals surface area contributed by atoms with Gasteiger partial charge >= 0.3 is 6.18 Å². The summed E-state index contributed by atoms with van der Waals surface area (Å²) in [7, 11) is 0. The first kappa shape index (κ1) is 17.9. The molecule has 2 atom stereocenters. The maximum Gasteiger partial charge on any atom is 0.407 e. The van der Waals surface area contributed by atoms with Gasteiger partial charge in [0, 0.05) is 19.5 Å². The van der Waals surface area contributed by atoms with Crippen molar-refractivity contribution in [2.75, 3.05) is 26.2 Å². The van der Waals surface area contributed by atoms with Crippen LogP contribution in [0.5, 0.6) is 0 Å². The molecule has 2 aliphatic rings. The van der Waals surface area contributed by atoms with Crippen LogP contribution < -0.4 is 0 Å². The minimum Gasteiger partial charge on any atom is -0.333 e. The second kappa shape index (κ2) is 7.15. The van der Waals surface area contributed by atoms with Crippen LogP contribution in [0.15, 0.2) is 30.3 Å². The number of Topliss-reactive ketones (excluding diaryl/α,β-unsaturated/α-hetero) is 1. The number of piperidine rings is 1. The van der Waals surface area contributed by atoms with Gasteiger partial charge in [0.25, 0.3) is 0 Å². The third-order valence-electron chi connectivity index (χ3n) is 4.97. The molecule has 0 radical (unpaired) electrons. The van der Waals surface area contributed by atoms with Crippen LogP contribution in [0.2, 0.25) is 0 Å². The van der Waals surface area contributed by atoms with Crippen LogP contribution in [-0.4, -0.2) is 53.8 Å². The molecule has 1 amide bonds. The molecule has 0 N–H and O–H groups in total. The number of carbonyl (C=O) groups excluding carboxylic acids is 2. The van der Waals surface area contributed by atoms with E-state index in [2.05, 4.69) is 4.90 Å². The number of rotatable bonds is 4. The van der Waals surface area contributed by atoms with Gasteiger partial charge in [-0.15, -0.1) is 0 Å². The number of ketones is 1. The number of halogens is 3. The van der Waals surface area contributed by atoms with E-state index < -0.39 is 29.8 Å². The van der Waals surface area contributed by atoms with Crippen LogP contribution in [-0.2, 0) is 9.59 Å². The maximum absolute atomic E-state index is 13.2. The lowest BCUT2D eigenvalue weighted by Crippen LogP contribution is -2.54.